The predicted molar refractivity (Wildman–Crippen MR) is 213 cm³/mol. The molecule has 0 aliphatic rings. The maximum atomic E-state index is 10.8. The van der Waals surface area contributed by atoms with Crippen molar-refractivity contribution in [3.63, 3.8) is 0 Å². The van der Waals surface area contributed by atoms with Gasteiger partial charge in [-0.25, -0.2) is 4.57 Å². The van der Waals surface area contributed by atoms with Crippen LogP contribution < -0.4 is 0 Å². The van der Waals surface area contributed by atoms with Crippen molar-refractivity contribution in [3.8, 4) is 0 Å². The molecule has 0 amide bonds. The molecule has 0 aliphatic heterocycles. The molecule has 0 saturated carbocycles. The zero-order valence-electron chi connectivity index (χ0n) is 29.0. The Morgan fingerprint density at radius 1 is 0.512 bits per heavy atom. The molecule has 0 saturated heterocycles. The van der Waals surface area contributed by atoms with Crippen molar-refractivity contribution in [1.82, 2.24) is 0 Å². The maximum absolute atomic E-state index is 10.8. The predicted octanol–water partition coefficient (Wildman–Crippen LogP) is 9.36. The van der Waals surface area contributed by atoms with Crippen LogP contribution in [0.4, 0.5) is 0 Å². The molecule has 0 heterocycles. The van der Waals surface area contributed by atoms with Gasteiger partial charge in [0, 0.05) is 76.8 Å². The van der Waals surface area contributed by atoms with Crippen molar-refractivity contribution in [2.45, 2.75) is 13.8 Å². The van der Waals surface area contributed by atoms with Crippen molar-refractivity contribution in [2.24, 2.45) is 0 Å². The lowest BCUT2D eigenvalue weighted by Gasteiger charge is -2.13. The molecule has 0 fully saturated rings. The third kappa shape index (κ3) is 47.6. The van der Waals surface area contributed by atoms with E-state index in [0.717, 1.165) is 17.5 Å². The summed E-state index contributed by atoms with van der Waals surface area (Å²) < 4.78 is 64.1. The number of rotatable bonds is 13. The largest absolute Gasteiger partial charge is 0.388 e. The number of hydrogen-bond donors (Lipinski definition) is 0. The van der Waals surface area contributed by atoms with Crippen LogP contribution in [0.2, 0.25) is 0 Å². The van der Waals surface area contributed by atoms with Crippen molar-refractivity contribution in [2.75, 3.05) is 122 Å². The fraction of sp³-hybridized carbons (Fsp3) is 1.00. The fourth-order valence-corrected chi connectivity index (χ4v) is 3.46. The average Bonchev–Trinajstić information content (AvgIpc) is 3.00. The average molecular weight is 853 g/mol. The van der Waals surface area contributed by atoms with Gasteiger partial charge in [0.25, 0.3) is 0 Å². The molecule has 0 aromatic carbocycles. The van der Waals surface area contributed by atoms with Crippen LogP contribution in [-0.2, 0) is 97.1 Å². The van der Waals surface area contributed by atoms with Gasteiger partial charge in [-0.05, 0) is 98.2 Å². The molecular weight excluding hydrogens is 794 g/mol. The lowest BCUT2D eigenvalue weighted by Crippen LogP contribution is -1.88. The summed E-state index contributed by atoms with van der Waals surface area (Å²) in [5.74, 6) is 0. The summed E-state index contributed by atoms with van der Waals surface area (Å²) in [6, 6.07) is -0.813. The quantitative estimate of drug-likeness (QED) is 0.164. The van der Waals surface area contributed by atoms with Gasteiger partial charge in [-0.2, -0.15) is 0 Å². The molecule has 0 aliphatic carbocycles. The molecule has 0 N–H and O–H groups in total. The summed E-state index contributed by atoms with van der Waals surface area (Å²) in [6.45, 7) is 5.04. The van der Waals surface area contributed by atoms with Crippen molar-refractivity contribution in [3.05, 3.63) is 0 Å². The third-order valence-electron chi connectivity index (χ3n) is 4.15. The second-order valence-electron chi connectivity index (χ2n) is 7.74. The summed E-state index contributed by atoms with van der Waals surface area (Å²) >= 11 is 22.2. The van der Waals surface area contributed by atoms with Crippen LogP contribution in [0.15, 0.2) is 0 Å². The molecule has 0 rings (SSSR count). The summed E-state index contributed by atoms with van der Waals surface area (Å²) in [5, 5.41) is 0. The van der Waals surface area contributed by atoms with Gasteiger partial charge in [0.2, 0.25) is 0 Å². The van der Waals surface area contributed by atoms with Crippen LogP contribution >= 0.6 is 61.6 Å². The third-order valence-corrected chi connectivity index (χ3v) is 22.0. The first-order valence-corrected chi connectivity index (χ1v) is 32.0. The topological polar surface area (TPSA) is 117 Å². The van der Waals surface area contributed by atoms with Crippen LogP contribution in [0.3, 0.4) is 0 Å². The molecule has 0 atom stereocenters. The standard InChI is InChI=1S/C4H11O2PS.C4H11PS.2C3H9O3PS.C3H9O2PS.C3H9OPS/c1-4-7(8,5-2)6-3;1-4-5(2,3)6;1-5-7(4,6-2)8-3;1-4-7(8,5-2)6-3;1-4-6(3,7)5-2;1-5(2,4)6-3/h4H2,1-3H3;4H2,1-3H3;2*1-3H3;1-3H3;1-3H3. The second-order valence-corrected chi connectivity index (χ2v) is 37.4. The Morgan fingerprint density at radius 2 is 0.791 bits per heavy atom. The van der Waals surface area contributed by atoms with Crippen molar-refractivity contribution < 1.29 is 49.8 Å². The normalized spacial score (nSPS) is 11.9. The van der Waals surface area contributed by atoms with Gasteiger partial charge < -0.3 is 45.3 Å². The molecule has 0 radical (unpaired) electrons. The smallest absolute Gasteiger partial charge is 0.333 e. The van der Waals surface area contributed by atoms with Gasteiger partial charge in [-0.1, -0.05) is 25.7 Å². The Labute approximate surface area is 292 Å². The van der Waals surface area contributed by atoms with E-state index in [0.29, 0.717) is 0 Å². The highest BCUT2D eigenvalue weighted by atomic mass is 32.7. The lowest BCUT2D eigenvalue weighted by molar-refractivity contribution is 0.235. The summed E-state index contributed by atoms with van der Waals surface area (Å²) in [4.78, 5) is 0. The summed E-state index contributed by atoms with van der Waals surface area (Å²) in [6.07, 6.45) is 3.80. The van der Waals surface area contributed by atoms with E-state index < -0.39 is 38.9 Å². The van der Waals surface area contributed by atoms with Crippen LogP contribution in [0.1, 0.15) is 13.8 Å². The SMILES string of the molecule is CCP(=S)(OC)OC.CCP(C)(C)=S.COP(=O)(OC)SC.COP(=S)(OC)OC.COP(C)(=S)OC.CSP(C)(C)=O. The molecule has 0 aromatic rings. The molecule has 23 heteroatoms. The molecule has 0 unspecified atom stereocenters. The van der Waals surface area contributed by atoms with Crippen LogP contribution in [0, 0.1) is 0 Å². The lowest BCUT2D eigenvalue weighted by atomic mass is 11.0. The Hall–Kier alpha value is 3.40. The Morgan fingerprint density at radius 3 is 0.791 bits per heavy atom. The van der Waals surface area contributed by atoms with Crippen LogP contribution in [-0.4, -0.2) is 122 Å². The highest BCUT2D eigenvalue weighted by molar-refractivity contribution is 8.57. The van der Waals surface area contributed by atoms with Crippen molar-refractivity contribution >= 4 is 109 Å². The van der Waals surface area contributed by atoms with Gasteiger partial charge in [0.05, 0.1) is 0 Å². The van der Waals surface area contributed by atoms with E-state index in [4.69, 9.17) is 78.9 Å². The van der Waals surface area contributed by atoms with E-state index in [2.05, 4.69) is 29.3 Å². The van der Waals surface area contributed by atoms with E-state index in [1.54, 1.807) is 54.7 Å². The van der Waals surface area contributed by atoms with Gasteiger partial charge >= 0.3 is 13.5 Å². The fourth-order valence-electron chi connectivity index (χ4n) is 0.854. The van der Waals surface area contributed by atoms with Gasteiger partial charge in [-0.15, -0.1) is 11.4 Å². The molecule has 0 aromatic heterocycles. The van der Waals surface area contributed by atoms with Gasteiger partial charge in [0.1, 0.15) is 6.34 Å². The van der Waals surface area contributed by atoms with Crippen LogP contribution in [0.25, 0.3) is 0 Å². The first kappa shape index (κ1) is 58.6. The minimum Gasteiger partial charge on any atom is -0.333 e. The molecule has 0 spiro atoms. The first-order valence-electron chi connectivity index (χ1n) is 11.9. The highest BCUT2D eigenvalue weighted by Crippen LogP contribution is 2.57. The Kier molecular flexibility index (Phi) is 44.4. The maximum Gasteiger partial charge on any atom is 0.388 e. The molecule has 43 heavy (non-hydrogen) atoms. The van der Waals surface area contributed by atoms with E-state index in [-0.39, 0.29) is 0 Å². The highest BCUT2D eigenvalue weighted by Gasteiger charge is 2.17. The van der Waals surface area contributed by atoms with E-state index in [1.165, 1.54) is 53.1 Å². The minimum atomic E-state index is -2.75. The van der Waals surface area contributed by atoms with E-state index in [9.17, 15) is 9.13 Å². The molecule has 270 valence electrons. The van der Waals surface area contributed by atoms with Gasteiger partial charge in [-0.3, -0.25) is 0 Å². The molecule has 0 bridgehead atoms. The zero-order valence-corrected chi connectivity index (χ0v) is 39.3. The molecule has 11 nitrogen and oxygen atoms in total. The van der Waals surface area contributed by atoms with Crippen molar-refractivity contribution in [1.29, 1.82) is 0 Å². The van der Waals surface area contributed by atoms with Crippen LogP contribution in [0.5, 0.6) is 0 Å². The van der Waals surface area contributed by atoms with E-state index >= 15 is 0 Å². The summed E-state index contributed by atoms with van der Waals surface area (Å²) in [5.41, 5.74) is 0. The van der Waals surface area contributed by atoms with Gasteiger partial charge in [0.15, 0.2) is 13.0 Å². The second kappa shape index (κ2) is 32.6. The summed E-state index contributed by atoms with van der Waals surface area (Å²) in [7, 11) is 13.4. The minimum absolute atomic E-state index is 0.801. The Bertz CT molecular complexity index is 785. The molecular formula is C20H58O11P6S6. The number of hydrogen-bond acceptors (Lipinski definition) is 17. The van der Waals surface area contributed by atoms with E-state index in [1.807, 2.05) is 13.2 Å². The zero-order chi connectivity index (χ0) is 36.2. The first-order chi connectivity index (χ1) is 19.3. The monoisotopic (exact) mass is 852 g/mol. The Balaban J connectivity index is -0.0000000959.